The molecule has 2 aromatic rings. The van der Waals surface area contributed by atoms with E-state index < -0.39 is 17.7 Å². The zero-order valence-corrected chi connectivity index (χ0v) is 17.3. The number of methoxy groups -OCH3 is 1. The quantitative estimate of drug-likeness (QED) is 0.294. The summed E-state index contributed by atoms with van der Waals surface area (Å²) in [7, 11) is 1.54. The molecule has 6 nitrogen and oxygen atoms in total. The molecule has 1 heterocycles. The minimum absolute atomic E-state index is 0.0769. The molecule has 158 valence electrons. The number of aliphatic hydroxyl groups is 1. The molecule has 0 aromatic heterocycles. The predicted molar refractivity (Wildman–Crippen MR) is 114 cm³/mol. The minimum Gasteiger partial charge on any atom is -0.507 e. The van der Waals surface area contributed by atoms with Gasteiger partial charge in [0.25, 0.3) is 11.7 Å². The van der Waals surface area contributed by atoms with Gasteiger partial charge in [0, 0.05) is 19.2 Å². The third-order valence-corrected chi connectivity index (χ3v) is 5.06. The zero-order chi connectivity index (χ0) is 21.5. The van der Waals surface area contributed by atoms with Crippen molar-refractivity contribution in [2.24, 2.45) is 0 Å². The Morgan fingerprint density at radius 1 is 1.07 bits per heavy atom. The standard InChI is InChI=1S/C24H27NO5/c1-3-4-14-30-19-12-8-11-18(16-19)21-20(22(26)17-9-6-5-7-10-17)23(27)24(28)25(21)13-15-29-2/h5-12,16,21,26H,3-4,13-15H2,1-2H3/b22-20+. The van der Waals surface area contributed by atoms with Crippen LogP contribution in [0.1, 0.15) is 36.9 Å². The van der Waals surface area contributed by atoms with Gasteiger partial charge in [0.2, 0.25) is 0 Å². The van der Waals surface area contributed by atoms with Gasteiger partial charge in [0.05, 0.1) is 24.8 Å². The minimum atomic E-state index is -0.713. The second-order valence-corrected chi connectivity index (χ2v) is 7.13. The molecule has 1 saturated heterocycles. The second-order valence-electron chi connectivity index (χ2n) is 7.13. The molecule has 2 aromatic carbocycles. The maximum Gasteiger partial charge on any atom is 0.295 e. The van der Waals surface area contributed by atoms with E-state index in [0.717, 1.165) is 12.8 Å². The van der Waals surface area contributed by atoms with Gasteiger partial charge in [-0.25, -0.2) is 0 Å². The zero-order valence-electron chi connectivity index (χ0n) is 17.3. The van der Waals surface area contributed by atoms with Crippen LogP contribution in [0.3, 0.4) is 0 Å². The molecule has 1 aliphatic rings. The lowest BCUT2D eigenvalue weighted by molar-refractivity contribution is -0.140. The average Bonchev–Trinajstić information content (AvgIpc) is 3.03. The fourth-order valence-electron chi connectivity index (χ4n) is 3.51. The first-order valence-electron chi connectivity index (χ1n) is 10.1. The van der Waals surface area contributed by atoms with Crippen LogP contribution in [-0.2, 0) is 14.3 Å². The number of amides is 1. The Bertz CT molecular complexity index is 922. The summed E-state index contributed by atoms with van der Waals surface area (Å²) in [5, 5.41) is 10.9. The number of aliphatic hydroxyl groups excluding tert-OH is 1. The van der Waals surface area contributed by atoms with Gasteiger partial charge in [-0.3, -0.25) is 9.59 Å². The number of ketones is 1. The van der Waals surface area contributed by atoms with Gasteiger partial charge in [-0.15, -0.1) is 0 Å². The fraction of sp³-hybridized carbons (Fsp3) is 0.333. The van der Waals surface area contributed by atoms with E-state index >= 15 is 0 Å². The van der Waals surface area contributed by atoms with Gasteiger partial charge in [-0.1, -0.05) is 55.8 Å². The Morgan fingerprint density at radius 3 is 2.53 bits per heavy atom. The van der Waals surface area contributed by atoms with Crippen LogP contribution in [0, 0.1) is 0 Å². The van der Waals surface area contributed by atoms with Crippen molar-refractivity contribution in [1.82, 2.24) is 4.90 Å². The van der Waals surface area contributed by atoms with Crippen LogP contribution in [0.25, 0.3) is 5.76 Å². The largest absolute Gasteiger partial charge is 0.507 e. The molecule has 6 heteroatoms. The third-order valence-electron chi connectivity index (χ3n) is 5.06. The van der Waals surface area contributed by atoms with Gasteiger partial charge in [0.15, 0.2) is 0 Å². The van der Waals surface area contributed by atoms with Crippen molar-refractivity contribution in [1.29, 1.82) is 0 Å². The lowest BCUT2D eigenvalue weighted by atomic mass is 9.95. The SMILES string of the molecule is CCCCOc1cccc(C2/C(=C(\O)c3ccccc3)C(=O)C(=O)N2CCOC)c1. The van der Waals surface area contributed by atoms with E-state index in [1.165, 1.54) is 12.0 Å². The van der Waals surface area contributed by atoms with Gasteiger partial charge in [-0.05, 0) is 24.1 Å². The number of hydrogen-bond donors (Lipinski definition) is 1. The maximum atomic E-state index is 12.9. The van der Waals surface area contributed by atoms with Gasteiger partial charge < -0.3 is 19.5 Å². The van der Waals surface area contributed by atoms with Crippen molar-refractivity contribution in [2.75, 3.05) is 26.9 Å². The highest BCUT2D eigenvalue weighted by Crippen LogP contribution is 2.40. The monoisotopic (exact) mass is 409 g/mol. The number of Topliss-reactive ketones (excluding diaryl/α,β-unsaturated/α-hetero) is 1. The number of rotatable bonds is 9. The van der Waals surface area contributed by atoms with Crippen LogP contribution >= 0.6 is 0 Å². The highest BCUT2D eigenvalue weighted by molar-refractivity contribution is 6.46. The number of nitrogens with zero attached hydrogens (tertiary/aromatic N) is 1. The molecule has 0 saturated carbocycles. The van der Waals surface area contributed by atoms with Crippen LogP contribution in [0.4, 0.5) is 0 Å². The molecule has 1 unspecified atom stereocenters. The Kier molecular flexibility index (Phi) is 7.25. The molecule has 1 N–H and O–H groups in total. The lowest BCUT2D eigenvalue weighted by Crippen LogP contribution is -2.32. The molecule has 0 aliphatic carbocycles. The third kappa shape index (κ3) is 4.54. The molecule has 0 bridgehead atoms. The molecule has 1 atom stereocenters. The van der Waals surface area contributed by atoms with Crippen molar-refractivity contribution in [3.63, 3.8) is 0 Å². The highest BCUT2D eigenvalue weighted by atomic mass is 16.5. The van der Waals surface area contributed by atoms with E-state index in [1.807, 2.05) is 30.3 Å². The first-order valence-corrected chi connectivity index (χ1v) is 10.1. The Hall–Kier alpha value is -3.12. The summed E-state index contributed by atoms with van der Waals surface area (Å²) >= 11 is 0. The molecular weight excluding hydrogens is 382 g/mol. The van der Waals surface area contributed by atoms with Crippen LogP contribution in [0.2, 0.25) is 0 Å². The molecule has 0 spiro atoms. The number of ether oxygens (including phenoxy) is 2. The van der Waals surface area contributed by atoms with Crippen LogP contribution in [0.15, 0.2) is 60.2 Å². The summed E-state index contributed by atoms with van der Waals surface area (Å²) in [4.78, 5) is 27.1. The van der Waals surface area contributed by atoms with Crippen molar-refractivity contribution < 1.29 is 24.2 Å². The summed E-state index contributed by atoms with van der Waals surface area (Å²) < 4.78 is 10.9. The summed E-state index contributed by atoms with van der Waals surface area (Å²) in [6.45, 7) is 3.19. The van der Waals surface area contributed by atoms with E-state index in [4.69, 9.17) is 9.47 Å². The number of carbonyl (C=O) groups is 2. The van der Waals surface area contributed by atoms with Crippen LogP contribution in [0.5, 0.6) is 5.75 Å². The maximum absolute atomic E-state index is 12.9. The molecule has 1 amide bonds. The first-order chi connectivity index (χ1) is 14.6. The van der Waals surface area contributed by atoms with E-state index in [9.17, 15) is 14.7 Å². The number of carbonyl (C=O) groups excluding carboxylic acids is 2. The van der Waals surface area contributed by atoms with Crippen LogP contribution in [-0.4, -0.2) is 48.6 Å². The van der Waals surface area contributed by atoms with Crippen LogP contribution < -0.4 is 4.74 Å². The van der Waals surface area contributed by atoms with Gasteiger partial charge >= 0.3 is 0 Å². The molecular formula is C24H27NO5. The van der Waals surface area contributed by atoms with Crippen molar-refractivity contribution >= 4 is 17.4 Å². The summed E-state index contributed by atoms with van der Waals surface area (Å²) in [6.07, 6.45) is 1.96. The number of hydrogen-bond acceptors (Lipinski definition) is 5. The van der Waals surface area contributed by atoms with Crippen molar-refractivity contribution in [3.05, 3.63) is 71.3 Å². The van der Waals surface area contributed by atoms with Crippen molar-refractivity contribution in [3.8, 4) is 5.75 Å². The van der Waals surface area contributed by atoms with Gasteiger partial charge in [-0.2, -0.15) is 0 Å². The summed E-state index contributed by atoms with van der Waals surface area (Å²) in [5.74, 6) is -0.865. The molecule has 3 rings (SSSR count). The molecule has 1 fully saturated rings. The topological polar surface area (TPSA) is 76.1 Å². The second kappa shape index (κ2) is 10.1. The normalized spacial score (nSPS) is 18.1. The predicted octanol–water partition coefficient (Wildman–Crippen LogP) is 3.93. The first kappa shape index (κ1) is 21.6. The molecule has 1 aliphatic heterocycles. The molecule has 30 heavy (non-hydrogen) atoms. The van der Waals surface area contributed by atoms with Crippen molar-refractivity contribution in [2.45, 2.75) is 25.8 Å². The van der Waals surface area contributed by atoms with E-state index in [-0.39, 0.29) is 24.5 Å². The van der Waals surface area contributed by atoms with Gasteiger partial charge in [0.1, 0.15) is 11.5 Å². The lowest BCUT2D eigenvalue weighted by Gasteiger charge is -2.25. The Labute approximate surface area is 176 Å². The fourth-order valence-corrected chi connectivity index (χ4v) is 3.51. The number of benzene rings is 2. The average molecular weight is 409 g/mol. The Balaban J connectivity index is 2.06. The highest BCUT2D eigenvalue weighted by Gasteiger charge is 2.45. The number of unbranched alkanes of at least 4 members (excludes halogenated alkanes) is 1. The van der Waals surface area contributed by atoms with E-state index in [2.05, 4.69) is 6.92 Å². The Morgan fingerprint density at radius 2 is 1.83 bits per heavy atom. The summed E-state index contributed by atoms with van der Waals surface area (Å²) in [6, 6.07) is 15.4. The van der Waals surface area contributed by atoms with E-state index in [1.54, 1.807) is 24.3 Å². The summed E-state index contributed by atoms with van der Waals surface area (Å²) in [5.41, 5.74) is 1.27. The number of likely N-dealkylation sites (tertiary alicyclic amines) is 1. The molecule has 0 radical (unpaired) electrons. The smallest absolute Gasteiger partial charge is 0.295 e. The van der Waals surface area contributed by atoms with E-state index in [0.29, 0.717) is 23.5 Å².